The summed E-state index contributed by atoms with van der Waals surface area (Å²) < 4.78 is 23.6. The molecule has 11 nitrogen and oxygen atoms in total. The van der Waals surface area contributed by atoms with Gasteiger partial charge in [0.25, 0.3) is 11.8 Å². The fourth-order valence-electron chi connectivity index (χ4n) is 7.43. The lowest BCUT2D eigenvalue weighted by Crippen LogP contribution is -2.32. The lowest BCUT2D eigenvalue weighted by molar-refractivity contribution is 0.0809. The number of aryl methyl sites for hydroxylation is 1. The molecule has 0 spiro atoms. The number of carbonyl (C=O) groups is 3. The summed E-state index contributed by atoms with van der Waals surface area (Å²) >= 11 is 0. The number of nitrogens with zero attached hydrogens (tertiary/aromatic N) is 4. The van der Waals surface area contributed by atoms with Gasteiger partial charge in [0.15, 0.2) is 23.0 Å². The molecule has 0 radical (unpaired) electrons. The van der Waals surface area contributed by atoms with Crippen LogP contribution in [0.1, 0.15) is 79.9 Å². The first kappa shape index (κ1) is 36.5. The van der Waals surface area contributed by atoms with Crippen molar-refractivity contribution in [3.05, 3.63) is 119 Å². The molecule has 0 N–H and O–H groups in total. The van der Waals surface area contributed by atoms with Gasteiger partial charge >= 0.3 is 0 Å². The summed E-state index contributed by atoms with van der Waals surface area (Å²) in [6, 6.07) is 22.3. The van der Waals surface area contributed by atoms with E-state index in [-0.39, 0.29) is 23.9 Å². The van der Waals surface area contributed by atoms with Crippen LogP contribution >= 0.6 is 0 Å². The average Bonchev–Trinajstić information content (AvgIpc) is 3.80. The van der Waals surface area contributed by atoms with Gasteiger partial charge in [-0.2, -0.15) is 0 Å². The van der Waals surface area contributed by atoms with Crippen LogP contribution in [0.15, 0.2) is 95.2 Å². The summed E-state index contributed by atoms with van der Waals surface area (Å²) in [4.78, 5) is 51.3. The molecule has 284 valence electrons. The molecule has 0 aliphatic carbocycles. The fourth-order valence-corrected chi connectivity index (χ4v) is 7.43. The molecular weight excluding hydrogens is 709 g/mol. The lowest BCUT2D eigenvalue weighted by atomic mass is 10.0. The van der Waals surface area contributed by atoms with Crippen LogP contribution in [0.3, 0.4) is 0 Å². The van der Waals surface area contributed by atoms with E-state index in [1.165, 1.54) is 5.56 Å². The van der Waals surface area contributed by atoms with E-state index in [0.29, 0.717) is 77.1 Å². The molecule has 0 fully saturated rings. The Morgan fingerprint density at radius 2 is 1.11 bits per heavy atom. The molecule has 2 atom stereocenters. The summed E-state index contributed by atoms with van der Waals surface area (Å²) in [6.45, 7) is 2.94. The van der Waals surface area contributed by atoms with Gasteiger partial charge in [-0.3, -0.25) is 24.4 Å². The van der Waals surface area contributed by atoms with Crippen molar-refractivity contribution < 1.29 is 33.3 Å². The number of benzene rings is 4. The fraction of sp³-hybridized carbons (Fsp3) is 0.267. The average molecular weight is 751 g/mol. The van der Waals surface area contributed by atoms with E-state index in [2.05, 4.69) is 36.2 Å². The van der Waals surface area contributed by atoms with Gasteiger partial charge in [-0.25, -0.2) is 0 Å². The normalized spacial score (nSPS) is 17.9. The van der Waals surface area contributed by atoms with Gasteiger partial charge in [-0.05, 0) is 60.6 Å². The summed E-state index contributed by atoms with van der Waals surface area (Å²) in [5.41, 5.74) is 7.97. The van der Waals surface area contributed by atoms with E-state index in [4.69, 9.17) is 23.9 Å². The Hall–Kier alpha value is -6.49. The Morgan fingerprint density at radius 1 is 0.643 bits per heavy atom. The van der Waals surface area contributed by atoms with Crippen LogP contribution in [0.5, 0.6) is 23.0 Å². The summed E-state index contributed by atoms with van der Waals surface area (Å²) in [5, 5.41) is 0. The largest absolute Gasteiger partial charge is 0.493 e. The second-order valence-corrected chi connectivity index (χ2v) is 14.2. The number of ether oxygens (including phenoxy) is 4. The maximum absolute atomic E-state index is 13.7. The number of aliphatic imine (C=N–C) groups is 2. The third kappa shape index (κ3) is 7.20. The highest BCUT2D eigenvalue weighted by Crippen LogP contribution is 2.41. The number of amides is 2. The van der Waals surface area contributed by atoms with Gasteiger partial charge in [-0.15, -0.1) is 0 Å². The Balaban J connectivity index is 0.850. The predicted molar refractivity (Wildman–Crippen MR) is 215 cm³/mol. The molecule has 0 bridgehead atoms. The minimum atomic E-state index is -0.220. The molecule has 4 aromatic carbocycles. The minimum Gasteiger partial charge on any atom is -0.493 e. The summed E-state index contributed by atoms with van der Waals surface area (Å²) in [6.07, 6.45) is 11.9. The van der Waals surface area contributed by atoms with Crippen molar-refractivity contribution in [3.8, 4) is 23.0 Å². The number of aldehydes is 1. The second kappa shape index (κ2) is 15.7. The topological polar surface area (TPSA) is 119 Å². The Bertz CT molecular complexity index is 2310. The molecule has 56 heavy (non-hydrogen) atoms. The number of methoxy groups -OCH3 is 2. The molecule has 2 amide bonds. The SMILES string of the molecule is COc1cc2c(cc1OCCCCCOc1cc3c(cc1OC)C(=O)N1C=C(c4ccc(C=O)cc4)C[C@H]1C=N3)N=C[C@@H]1CC(c3ccc(C)cc3)=CN1C2=O. The van der Waals surface area contributed by atoms with Gasteiger partial charge in [0, 0.05) is 55.4 Å². The third-order valence-corrected chi connectivity index (χ3v) is 10.6. The van der Waals surface area contributed by atoms with Crippen molar-refractivity contribution in [1.82, 2.24) is 9.80 Å². The van der Waals surface area contributed by atoms with Crippen LogP contribution in [0, 0.1) is 6.92 Å². The smallest absolute Gasteiger partial charge is 0.260 e. The molecule has 4 aliphatic rings. The first-order valence-electron chi connectivity index (χ1n) is 18.8. The Kier molecular flexibility index (Phi) is 10.2. The number of hydrogen-bond acceptors (Lipinski definition) is 9. The monoisotopic (exact) mass is 750 g/mol. The van der Waals surface area contributed by atoms with E-state index < -0.39 is 0 Å². The van der Waals surface area contributed by atoms with Crippen LogP contribution in [0.2, 0.25) is 0 Å². The van der Waals surface area contributed by atoms with Crippen molar-refractivity contribution in [1.29, 1.82) is 0 Å². The molecule has 0 saturated carbocycles. The molecule has 8 rings (SSSR count). The quantitative estimate of drug-likeness (QED) is 0.0995. The van der Waals surface area contributed by atoms with Crippen LogP contribution < -0.4 is 18.9 Å². The van der Waals surface area contributed by atoms with Crippen molar-refractivity contribution >= 4 is 53.1 Å². The molecule has 0 aromatic heterocycles. The van der Waals surface area contributed by atoms with Crippen molar-refractivity contribution in [2.45, 2.75) is 51.1 Å². The molecule has 4 heterocycles. The summed E-state index contributed by atoms with van der Waals surface area (Å²) in [7, 11) is 3.12. The minimum absolute atomic E-state index is 0.120. The number of rotatable bonds is 13. The molecule has 4 aromatic rings. The van der Waals surface area contributed by atoms with Gasteiger partial charge in [0.2, 0.25) is 0 Å². The molecule has 11 heteroatoms. The lowest BCUT2D eigenvalue weighted by Gasteiger charge is -2.19. The third-order valence-electron chi connectivity index (χ3n) is 10.6. The van der Waals surface area contributed by atoms with Gasteiger partial charge < -0.3 is 28.7 Å². The highest BCUT2D eigenvalue weighted by molar-refractivity contribution is 6.06. The summed E-state index contributed by atoms with van der Waals surface area (Å²) in [5.74, 6) is 1.71. The Morgan fingerprint density at radius 3 is 1.55 bits per heavy atom. The van der Waals surface area contributed by atoms with Crippen LogP contribution in [-0.4, -0.2) is 79.8 Å². The van der Waals surface area contributed by atoms with Gasteiger partial charge in [0.05, 0.1) is 62.0 Å². The first-order valence-corrected chi connectivity index (χ1v) is 18.8. The number of unbranched alkanes of at least 4 members (excludes halogenated alkanes) is 2. The van der Waals surface area contributed by atoms with E-state index in [9.17, 15) is 14.4 Å². The molecule has 0 unspecified atom stereocenters. The molecular formula is C45H42N4O7. The highest BCUT2D eigenvalue weighted by Gasteiger charge is 2.35. The number of carbonyl (C=O) groups excluding carboxylic acids is 3. The van der Waals surface area contributed by atoms with Crippen molar-refractivity contribution in [2.75, 3.05) is 27.4 Å². The maximum Gasteiger partial charge on any atom is 0.260 e. The predicted octanol–water partition coefficient (Wildman–Crippen LogP) is 8.40. The van der Waals surface area contributed by atoms with E-state index in [0.717, 1.165) is 47.8 Å². The standard InChI is InChI=1S/C45H42N4O7/c1-28-7-11-30(12-8-28)32-17-34-23-46-38-21-42(40(53-2)19-36(38)44(51)48(34)25-32)55-15-5-4-6-16-56-43-22-39-37(20-41(43)54-3)45(52)49-26-33(18-35(49)24-47-39)31-13-9-29(27-50)10-14-31/h7-14,19-27,34-35H,4-6,15-18H2,1-3H3/t34-,35-/m0/s1. The number of fused-ring (bicyclic) bond motifs is 4. The van der Waals surface area contributed by atoms with Crippen LogP contribution in [-0.2, 0) is 0 Å². The van der Waals surface area contributed by atoms with Crippen molar-refractivity contribution in [3.63, 3.8) is 0 Å². The second-order valence-electron chi connectivity index (χ2n) is 14.2. The Labute approximate surface area is 325 Å². The number of hydrogen-bond donors (Lipinski definition) is 0. The van der Waals surface area contributed by atoms with Gasteiger partial charge in [-0.1, -0.05) is 54.1 Å². The zero-order valence-electron chi connectivity index (χ0n) is 31.6. The zero-order valence-corrected chi connectivity index (χ0v) is 31.6. The highest BCUT2D eigenvalue weighted by atomic mass is 16.5. The first-order chi connectivity index (χ1) is 27.3. The maximum atomic E-state index is 13.7. The van der Waals surface area contributed by atoms with E-state index >= 15 is 0 Å². The molecule has 4 aliphatic heterocycles. The van der Waals surface area contributed by atoms with Crippen LogP contribution in [0.4, 0.5) is 11.4 Å². The molecule has 0 saturated heterocycles. The zero-order chi connectivity index (χ0) is 38.8. The van der Waals surface area contributed by atoms with E-state index in [1.54, 1.807) is 66.6 Å². The van der Waals surface area contributed by atoms with E-state index in [1.807, 2.05) is 30.7 Å². The van der Waals surface area contributed by atoms with Gasteiger partial charge in [0.1, 0.15) is 6.29 Å². The van der Waals surface area contributed by atoms with Crippen LogP contribution in [0.25, 0.3) is 11.1 Å². The van der Waals surface area contributed by atoms with Crippen molar-refractivity contribution in [2.24, 2.45) is 9.98 Å².